The summed E-state index contributed by atoms with van der Waals surface area (Å²) in [6, 6.07) is 31.2. The van der Waals surface area contributed by atoms with Crippen molar-refractivity contribution < 1.29 is 9.30 Å². The van der Waals surface area contributed by atoms with E-state index in [2.05, 4.69) is 103 Å². The van der Waals surface area contributed by atoms with Crippen LogP contribution in [0.2, 0.25) is 0 Å². The molecule has 0 saturated carbocycles. The van der Waals surface area contributed by atoms with Crippen LogP contribution in [0.25, 0.3) is 54.5 Å². The Bertz CT molecular complexity index is 1710. The highest BCUT2D eigenvalue weighted by Crippen LogP contribution is 2.55. The van der Waals surface area contributed by atoms with Crippen molar-refractivity contribution >= 4 is 43.2 Å². The summed E-state index contributed by atoms with van der Waals surface area (Å²) in [7, 11) is 0. The lowest BCUT2D eigenvalue weighted by Crippen LogP contribution is -2.43. The van der Waals surface area contributed by atoms with Gasteiger partial charge >= 0.3 is 0 Å². The van der Waals surface area contributed by atoms with Gasteiger partial charge in [0.2, 0.25) is 11.2 Å². The fourth-order valence-corrected chi connectivity index (χ4v) is 6.30. The van der Waals surface area contributed by atoms with Crippen LogP contribution in [0, 0.1) is 0 Å². The van der Waals surface area contributed by atoms with E-state index in [4.69, 9.17) is 4.74 Å². The summed E-state index contributed by atoms with van der Waals surface area (Å²) >= 11 is 0. The largest absolute Gasteiger partial charge is 0.434 e. The molecule has 0 radical (unpaired) electrons. The molecule has 1 aliphatic carbocycles. The first-order valence-electron chi connectivity index (χ1n) is 11.6. The first-order chi connectivity index (χ1) is 16.1. The van der Waals surface area contributed by atoms with E-state index in [1.807, 2.05) is 0 Å². The van der Waals surface area contributed by atoms with E-state index in [-0.39, 0.29) is 5.41 Å². The molecule has 0 spiro atoms. The molecule has 2 heteroatoms. The Morgan fingerprint density at radius 3 is 2.12 bits per heavy atom. The molecule has 2 nitrogen and oxygen atoms in total. The lowest BCUT2D eigenvalue weighted by molar-refractivity contribution is -0.693. The van der Waals surface area contributed by atoms with E-state index in [1.165, 1.54) is 65.6 Å². The summed E-state index contributed by atoms with van der Waals surface area (Å²) in [5.74, 6) is 1.04. The zero-order valence-corrected chi connectivity index (χ0v) is 18.6. The molecule has 2 aliphatic rings. The van der Waals surface area contributed by atoms with Gasteiger partial charge in [0.1, 0.15) is 5.75 Å². The molecule has 1 aromatic heterocycles. The van der Waals surface area contributed by atoms with Crippen molar-refractivity contribution in [2.45, 2.75) is 26.0 Å². The number of aromatic nitrogens is 1. The van der Waals surface area contributed by atoms with E-state index in [0.29, 0.717) is 6.73 Å². The van der Waals surface area contributed by atoms with Gasteiger partial charge in [-0.2, -0.15) is 4.57 Å². The van der Waals surface area contributed by atoms with E-state index < -0.39 is 0 Å². The Morgan fingerprint density at radius 1 is 0.667 bits per heavy atom. The van der Waals surface area contributed by atoms with Crippen LogP contribution >= 0.6 is 0 Å². The van der Waals surface area contributed by atoms with Gasteiger partial charge < -0.3 is 4.74 Å². The number of ether oxygens (including phenoxy) is 1. The summed E-state index contributed by atoms with van der Waals surface area (Å²) in [6.07, 6.45) is 0. The zero-order chi connectivity index (χ0) is 21.9. The number of rotatable bonds is 0. The predicted octanol–water partition coefficient (Wildman–Crippen LogP) is 7.24. The Morgan fingerprint density at radius 2 is 1.33 bits per heavy atom. The maximum Gasteiger partial charge on any atom is 0.293 e. The van der Waals surface area contributed by atoms with Crippen LogP contribution in [0.5, 0.6) is 5.75 Å². The fourth-order valence-electron chi connectivity index (χ4n) is 6.30. The minimum absolute atomic E-state index is 0.106. The molecule has 5 aromatic carbocycles. The SMILES string of the molecule is CC1(C)c2cc3c(ccc4ccccc43)c3c2-c2c1cc1c4ccccc4ccc1[n+]2CO3. The Hall–Kier alpha value is -3.91. The van der Waals surface area contributed by atoms with Gasteiger partial charge in [0.15, 0.2) is 0 Å². The van der Waals surface area contributed by atoms with Gasteiger partial charge in [-0.25, -0.2) is 0 Å². The van der Waals surface area contributed by atoms with Crippen molar-refractivity contribution in [1.82, 2.24) is 0 Å². The van der Waals surface area contributed by atoms with Crippen molar-refractivity contribution in [3.8, 4) is 17.0 Å². The van der Waals surface area contributed by atoms with Crippen molar-refractivity contribution in [1.29, 1.82) is 0 Å². The summed E-state index contributed by atoms with van der Waals surface area (Å²) < 4.78 is 9.00. The molecule has 6 aromatic rings. The third-order valence-corrected chi connectivity index (χ3v) is 7.97. The van der Waals surface area contributed by atoms with Crippen LogP contribution < -0.4 is 9.30 Å². The number of fused-ring (bicyclic) bond motifs is 8. The molecule has 0 fully saturated rings. The van der Waals surface area contributed by atoms with Crippen LogP contribution in [0.15, 0.2) is 84.9 Å². The van der Waals surface area contributed by atoms with Crippen LogP contribution in [-0.2, 0) is 12.1 Å². The van der Waals surface area contributed by atoms with E-state index >= 15 is 0 Å². The molecule has 0 bridgehead atoms. The monoisotopic (exact) mass is 424 g/mol. The molecule has 156 valence electrons. The zero-order valence-electron chi connectivity index (χ0n) is 18.6. The van der Waals surface area contributed by atoms with E-state index in [1.54, 1.807) is 0 Å². The topological polar surface area (TPSA) is 13.1 Å². The third-order valence-electron chi connectivity index (χ3n) is 7.97. The van der Waals surface area contributed by atoms with Crippen molar-refractivity contribution in [3.63, 3.8) is 0 Å². The predicted molar refractivity (Wildman–Crippen MR) is 135 cm³/mol. The molecule has 0 unspecified atom stereocenters. The van der Waals surface area contributed by atoms with Gasteiger partial charge in [0.25, 0.3) is 6.73 Å². The fraction of sp³-hybridized carbons (Fsp3) is 0.129. The summed E-state index contributed by atoms with van der Waals surface area (Å²) in [5.41, 5.74) is 6.49. The first-order valence-corrected chi connectivity index (χ1v) is 11.6. The van der Waals surface area contributed by atoms with Gasteiger partial charge in [0.05, 0.1) is 10.9 Å². The van der Waals surface area contributed by atoms with Gasteiger partial charge in [-0.05, 0) is 56.8 Å². The Labute approximate surface area is 191 Å². The number of pyridine rings is 1. The number of nitrogens with zero attached hydrogens (tertiary/aromatic N) is 1. The molecule has 0 saturated heterocycles. The second-order valence-electron chi connectivity index (χ2n) is 9.96. The quantitative estimate of drug-likeness (QED) is 0.185. The molecule has 0 atom stereocenters. The molecule has 8 rings (SSSR count). The Kier molecular flexibility index (Phi) is 3.05. The number of benzene rings is 5. The third kappa shape index (κ3) is 2.03. The maximum absolute atomic E-state index is 6.60. The van der Waals surface area contributed by atoms with Gasteiger partial charge in [0, 0.05) is 22.4 Å². The Balaban J connectivity index is 1.57. The second kappa shape index (κ2) is 5.71. The van der Waals surface area contributed by atoms with Gasteiger partial charge in [-0.3, -0.25) is 0 Å². The van der Waals surface area contributed by atoms with Crippen LogP contribution in [0.3, 0.4) is 0 Å². The summed E-state index contributed by atoms with van der Waals surface area (Å²) in [4.78, 5) is 0. The summed E-state index contributed by atoms with van der Waals surface area (Å²) in [5, 5.41) is 8.94. The molecule has 0 amide bonds. The highest BCUT2D eigenvalue weighted by Gasteiger charge is 2.47. The maximum atomic E-state index is 6.60. The molecule has 1 aliphatic heterocycles. The van der Waals surface area contributed by atoms with Crippen molar-refractivity contribution in [3.05, 3.63) is 96.1 Å². The van der Waals surface area contributed by atoms with Gasteiger partial charge in [-0.1, -0.05) is 68.4 Å². The molecular formula is C31H22NO+. The minimum Gasteiger partial charge on any atom is -0.434 e. The highest BCUT2D eigenvalue weighted by atomic mass is 16.5. The van der Waals surface area contributed by atoms with Gasteiger partial charge in [-0.15, -0.1) is 0 Å². The summed E-state index contributed by atoms with van der Waals surface area (Å²) in [6.45, 7) is 5.27. The molecule has 2 heterocycles. The van der Waals surface area contributed by atoms with Crippen LogP contribution in [0.1, 0.15) is 25.0 Å². The number of hydrogen-bond donors (Lipinski definition) is 0. The number of hydrogen-bond acceptors (Lipinski definition) is 1. The van der Waals surface area contributed by atoms with Crippen molar-refractivity contribution in [2.75, 3.05) is 0 Å². The minimum atomic E-state index is -0.106. The molecule has 0 N–H and O–H groups in total. The first kappa shape index (κ1) is 17.6. The van der Waals surface area contributed by atoms with E-state index in [0.717, 1.165) is 5.75 Å². The lowest BCUT2D eigenvalue weighted by Gasteiger charge is -2.21. The van der Waals surface area contributed by atoms with E-state index in [9.17, 15) is 0 Å². The molecule has 33 heavy (non-hydrogen) atoms. The lowest BCUT2D eigenvalue weighted by atomic mass is 9.81. The van der Waals surface area contributed by atoms with Crippen LogP contribution in [0.4, 0.5) is 0 Å². The molecular weight excluding hydrogens is 402 g/mol. The highest BCUT2D eigenvalue weighted by molar-refractivity contribution is 6.13. The van der Waals surface area contributed by atoms with Crippen LogP contribution in [-0.4, -0.2) is 0 Å². The average Bonchev–Trinajstić information content (AvgIpc) is 3.08. The normalized spacial score (nSPS) is 15.3. The standard InChI is InChI=1S/C31H22NO/c1-31(2)25-15-23-20-9-5-3-7-18(20)11-13-22(23)30-28(25)29-26(31)16-24-21-10-6-4-8-19(21)12-14-27(24)32(29)17-33-30/h3-16H,17H2,1-2H3/q+1. The van der Waals surface area contributed by atoms with Crippen molar-refractivity contribution in [2.24, 2.45) is 0 Å². The second-order valence-corrected chi connectivity index (χ2v) is 9.96. The average molecular weight is 425 g/mol. The smallest absolute Gasteiger partial charge is 0.293 e.